The fraction of sp³-hybridized carbons (Fsp3) is 0.214. The van der Waals surface area contributed by atoms with E-state index in [1.807, 2.05) is 6.92 Å². The Morgan fingerprint density at radius 3 is 2.70 bits per heavy atom. The van der Waals surface area contributed by atoms with Crippen molar-refractivity contribution in [3.63, 3.8) is 0 Å². The van der Waals surface area contributed by atoms with Crippen LogP contribution in [0.1, 0.15) is 17.5 Å². The van der Waals surface area contributed by atoms with E-state index >= 15 is 0 Å². The average Bonchev–Trinajstić information content (AvgIpc) is 2.87. The summed E-state index contributed by atoms with van der Waals surface area (Å²) in [5.74, 6) is 1.09. The molecule has 0 saturated heterocycles. The lowest BCUT2D eigenvalue weighted by Crippen LogP contribution is -2.11. The van der Waals surface area contributed by atoms with Crippen LogP contribution in [0.4, 0.5) is 5.69 Å². The van der Waals surface area contributed by atoms with Gasteiger partial charge in [-0.05, 0) is 47.1 Å². The van der Waals surface area contributed by atoms with Crippen molar-refractivity contribution in [3.05, 3.63) is 40.8 Å². The number of anilines is 1. The maximum Gasteiger partial charge on any atom is 0.291 e. The second-order valence-corrected chi connectivity index (χ2v) is 4.64. The maximum absolute atomic E-state index is 11.9. The number of amides is 1. The van der Waals surface area contributed by atoms with Crippen LogP contribution in [0.25, 0.3) is 0 Å². The molecule has 1 N–H and O–H groups in total. The van der Waals surface area contributed by atoms with Crippen molar-refractivity contribution in [1.82, 2.24) is 0 Å². The summed E-state index contributed by atoms with van der Waals surface area (Å²) in [6, 6.07) is 8.43. The third kappa shape index (κ3) is 3.33. The Morgan fingerprint density at radius 2 is 2.10 bits per heavy atom. The number of methoxy groups -OCH3 is 1. The number of hydrogen-bond acceptors (Lipinski definition) is 4. The van der Waals surface area contributed by atoms with E-state index in [1.165, 1.54) is 0 Å². The van der Waals surface area contributed by atoms with E-state index < -0.39 is 0 Å². The number of rotatable bonds is 5. The van der Waals surface area contributed by atoms with Crippen LogP contribution in [0, 0.1) is 0 Å². The normalized spacial score (nSPS) is 10.2. The van der Waals surface area contributed by atoms with Crippen LogP contribution in [-0.2, 0) is 0 Å². The van der Waals surface area contributed by atoms with Crippen molar-refractivity contribution >= 4 is 27.5 Å². The minimum absolute atomic E-state index is 0.227. The van der Waals surface area contributed by atoms with Gasteiger partial charge < -0.3 is 19.2 Å². The highest BCUT2D eigenvalue weighted by molar-refractivity contribution is 9.10. The molecule has 1 aromatic heterocycles. The molecule has 1 amide bonds. The molecule has 0 spiro atoms. The van der Waals surface area contributed by atoms with Gasteiger partial charge in [0.15, 0.2) is 21.9 Å². The summed E-state index contributed by atoms with van der Waals surface area (Å²) >= 11 is 3.15. The molecule has 0 radical (unpaired) electrons. The van der Waals surface area contributed by atoms with Gasteiger partial charge in [-0.1, -0.05) is 0 Å². The number of carbonyl (C=O) groups is 1. The molecule has 0 bridgehead atoms. The standard InChI is InChI=1S/C14H14BrNO4/c1-3-19-10-5-4-9(8-12(10)18-2)16-14(17)11-6-7-13(15)20-11/h4-8H,3H2,1-2H3,(H,16,17). The first-order valence-corrected chi connectivity index (χ1v) is 6.81. The number of benzene rings is 1. The van der Waals surface area contributed by atoms with Crippen molar-refractivity contribution in [3.8, 4) is 11.5 Å². The zero-order chi connectivity index (χ0) is 14.5. The van der Waals surface area contributed by atoms with Crippen LogP contribution >= 0.6 is 15.9 Å². The fourth-order valence-corrected chi connectivity index (χ4v) is 1.96. The average molecular weight is 340 g/mol. The van der Waals surface area contributed by atoms with Gasteiger partial charge in [0.05, 0.1) is 13.7 Å². The van der Waals surface area contributed by atoms with Crippen molar-refractivity contribution in [1.29, 1.82) is 0 Å². The molecule has 1 aromatic carbocycles. The quantitative estimate of drug-likeness (QED) is 0.902. The number of halogens is 1. The number of carbonyl (C=O) groups excluding carboxylic acids is 1. The van der Waals surface area contributed by atoms with Gasteiger partial charge in [-0.3, -0.25) is 4.79 Å². The number of nitrogens with one attached hydrogen (secondary N) is 1. The van der Waals surface area contributed by atoms with Gasteiger partial charge in [0.1, 0.15) is 0 Å². The second-order valence-electron chi connectivity index (χ2n) is 3.86. The van der Waals surface area contributed by atoms with Crippen LogP contribution in [-0.4, -0.2) is 19.6 Å². The topological polar surface area (TPSA) is 60.7 Å². The summed E-state index contributed by atoms with van der Waals surface area (Å²) < 4.78 is 16.3. The van der Waals surface area contributed by atoms with Crippen molar-refractivity contribution in [2.24, 2.45) is 0 Å². The Bertz CT molecular complexity index is 609. The number of furan rings is 1. The molecule has 106 valence electrons. The van der Waals surface area contributed by atoms with Gasteiger partial charge in [0.2, 0.25) is 0 Å². The molecule has 6 heteroatoms. The summed E-state index contributed by atoms with van der Waals surface area (Å²) in [7, 11) is 1.55. The first-order valence-electron chi connectivity index (χ1n) is 6.01. The van der Waals surface area contributed by atoms with Crippen LogP contribution in [0.3, 0.4) is 0 Å². The molecule has 20 heavy (non-hydrogen) atoms. The molecular formula is C14H14BrNO4. The van der Waals surface area contributed by atoms with Crippen LogP contribution in [0.2, 0.25) is 0 Å². The van der Waals surface area contributed by atoms with E-state index in [9.17, 15) is 4.79 Å². The first-order chi connectivity index (χ1) is 9.63. The lowest BCUT2D eigenvalue weighted by molar-refractivity contribution is 0.0995. The Morgan fingerprint density at radius 1 is 1.30 bits per heavy atom. The van der Waals surface area contributed by atoms with Crippen molar-refractivity contribution < 1.29 is 18.7 Å². The van der Waals surface area contributed by atoms with Gasteiger partial charge in [-0.15, -0.1) is 0 Å². The molecule has 0 atom stereocenters. The maximum atomic E-state index is 11.9. The molecule has 2 rings (SSSR count). The van der Waals surface area contributed by atoms with Gasteiger partial charge in [-0.2, -0.15) is 0 Å². The molecule has 0 saturated carbocycles. The van der Waals surface area contributed by atoms with Gasteiger partial charge in [-0.25, -0.2) is 0 Å². The number of hydrogen-bond donors (Lipinski definition) is 1. The Balaban J connectivity index is 2.15. The van der Waals surface area contributed by atoms with Gasteiger partial charge in [0, 0.05) is 11.8 Å². The molecule has 5 nitrogen and oxygen atoms in total. The predicted octanol–water partition coefficient (Wildman–Crippen LogP) is 3.70. The van der Waals surface area contributed by atoms with E-state index in [-0.39, 0.29) is 11.7 Å². The van der Waals surface area contributed by atoms with E-state index in [2.05, 4.69) is 21.2 Å². The molecule has 0 aliphatic heterocycles. The molecule has 0 fully saturated rings. The highest BCUT2D eigenvalue weighted by atomic mass is 79.9. The molecule has 0 aliphatic carbocycles. The highest BCUT2D eigenvalue weighted by Gasteiger charge is 2.12. The summed E-state index contributed by atoms with van der Waals surface area (Å²) in [5.41, 5.74) is 0.600. The second kappa shape index (κ2) is 6.47. The minimum atomic E-state index is -0.332. The molecular weight excluding hydrogens is 326 g/mol. The van der Waals surface area contributed by atoms with E-state index in [0.717, 1.165) is 0 Å². The van der Waals surface area contributed by atoms with Crippen LogP contribution in [0.15, 0.2) is 39.4 Å². The number of ether oxygens (including phenoxy) is 2. The molecule has 2 aromatic rings. The molecule has 0 unspecified atom stereocenters. The minimum Gasteiger partial charge on any atom is -0.493 e. The van der Waals surface area contributed by atoms with Crippen molar-refractivity contribution in [2.45, 2.75) is 6.92 Å². The monoisotopic (exact) mass is 339 g/mol. The van der Waals surface area contributed by atoms with Crippen LogP contribution in [0.5, 0.6) is 11.5 Å². The Kier molecular flexibility index (Phi) is 4.68. The molecule has 0 aliphatic rings. The van der Waals surface area contributed by atoms with E-state index in [0.29, 0.717) is 28.5 Å². The summed E-state index contributed by atoms with van der Waals surface area (Å²) in [4.78, 5) is 11.9. The third-order valence-corrected chi connectivity index (χ3v) is 2.94. The fourth-order valence-electron chi connectivity index (χ4n) is 1.65. The molecule has 1 heterocycles. The first kappa shape index (κ1) is 14.5. The van der Waals surface area contributed by atoms with E-state index in [1.54, 1.807) is 37.4 Å². The zero-order valence-corrected chi connectivity index (χ0v) is 12.7. The van der Waals surface area contributed by atoms with Gasteiger partial charge >= 0.3 is 0 Å². The lowest BCUT2D eigenvalue weighted by Gasteiger charge is -2.11. The van der Waals surface area contributed by atoms with Crippen LogP contribution < -0.4 is 14.8 Å². The summed E-state index contributed by atoms with van der Waals surface area (Å²) in [6.45, 7) is 2.44. The predicted molar refractivity (Wildman–Crippen MR) is 78.5 cm³/mol. The summed E-state index contributed by atoms with van der Waals surface area (Å²) in [6.07, 6.45) is 0. The third-order valence-electron chi connectivity index (χ3n) is 2.52. The Labute approximate surface area is 125 Å². The lowest BCUT2D eigenvalue weighted by atomic mass is 10.2. The SMILES string of the molecule is CCOc1ccc(NC(=O)c2ccc(Br)o2)cc1OC. The summed E-state index contributed by atoms with van der Waals surface area (Å²) in [5, 5.41) is 2.73. The van der Waals surface area contributed by atoms with Gasteiger partial charge in [0.25, 0.3) is 5.91 Å². The largest absolute Gasteiger partial charge is 0.493 e. The van der Waals surface area contributed by atoms with Crippen molar-refractivity contribution in [2.75, 3.05) is 19.0 Å². The Hall–Kier alpha value is -1.95. The zero-order valence-electron chi connectivity index (χ0n) is 11.1. The smallest absolute Gasteiger partial charge is 0.291 e. The highest BCUT2D eigenvalue weighted by Crippen LogP contribution is 2.30. The van der Waals surface area contributed by atoms with E-state index in [4.69, 9.17) is 13.9 Å².